The van der Waals surface area contributed by atoms with Crippen molar-refractivity contribution in [2.75, 3.05) is 17.9 Å². The number of fused-ring (bicyclic) bond motifs is 1. The molecule has 0 aromatic heterocycles. The van der Waals surface area contributed by atoms with E-state index in [2.05, 4.69) is 19.1 Å². The van der Waals surface area contributed by atoms with Crippen molar-refractivity contribution in [3.8, 4) is 0 Å². The molecule has 0 fully saturated rings. The van der Waals surface area contributed by atoms with E-state index in [-0.39, 0.29) is 0 Å². The minimum atomic E-state index is -2.10. The third-order valence-electron chi connectivity index (χ3n) is 2.54. The fourth-order valence-corrected chi connectivity index (χ4v) is 4.31. The molecular weight excluding hydrogens is 181 g/mol. The quantitative estimate of drug-likeness (QED) is 0.642. The van der Waals surface area contributed by atoms with Crippen LogP contribution in [0.25, 0.3) is 0 Å². The van der Waals surface area contributed by atoms with E-state index in [4.69, 9.17) is 0 Å². The standard InChI is InChI=1S/C10H14NOP/c1-3-11-10-7-5-4-6-9(10)8-13(11,2)12/h4-7H,3,8H2,1-2H3. The summed E-state index contributed by atoms with van der Waals surface area (Å²) in [6, 6.07) is 8.15. The van der Waals surface area contributed by atoms with Gasteiger partial charge in [-0.2, -0.15) is 0 Å². The van der Waals surface area contributed by atoms with Crippen LogP contribution < -0.4 is 4.67 Å². The fourth-order valence-electron chi connectivity index (χ4n) is 2.00. The van der Waals surface area contributed by atoms with Crippen molar-refractivity contribution in [3.05, 3.63) is 29.8 Å². The number of para-hydroxylation sites is 1. The molecule has 1 atom stereocenters. The van der Waals surface area contributed by atoms with Crippen molar-refractivity contribution >= 4 is 13.0 Å². The molecule has 2 nitrogen and oxygen atoms in total. The summed E-state index contributed by atoms with van der Waals surface area (Å²) in [4.78, 5) is 0. The van der Waals surface area contributed by atoms with Gasteiger partial charge in [0.1, 0.15) is 0 Å². The van der Waals surface area contributed by atoms with Gasteiger partial charge in [0.15, 0.2) is 7.29 Å². The van der Waals surface area contributed by atoms with Crippen molar-refractivity contribution in [1.29, 1.82) is 0 Å². The number of anilines is 1. The first-order valence-electron chi connectivity index (χ1n) is 4.57. The normalized spacial score (nSPS) is 26.2. The lowest BCUT2D eigenvalue weighted by Crippen LogP contribution is -2.14. The first-order valence-corrected chi connectivity index (χ1v) is 6.87. The van der Waals surface area contributed by atoms with Crippen molar-refractivity contribution in [3.63, 3.8) is 0 Å². The molecule has 0 amide bonds. The van der Waals surface area contributed by atoms with Crippen LogP contribution >= 0.6 is 7.29 Å². The van der Waals surface area contributed by atoms with Crippen LogP contribution in [-0.2, 0) is 10.7 Å². The van der Waals surface area contributed by atoms with Gasteiger partial charge in [-0.1, -0.05) is 18.2 Å². The lowest BCUT2D eigenvalue weighted by molar-refractivity contribution is 0.577. The van der Waals surface area contributed by atoms with Crippen LogP contribution in [0.5, 0.6) is 0 Å². The molecule has 1 aromatic carbocycles. The van der Waals surface area contributed by atoms with Crippen LogP contribution in [0.1, 0.15) is 12.5 Å². The fraction of sp³-hybridized carbons (Fsp3) is 0.400. The average molecular weight is 195 g/mol. The van der Waals surface area contributed by atoms with E-state index in [1.54, 1.807) is 0 Å². The monoisotopic (exact) mass is 195 g/mol. The number of hydrogen-bond donors (Lipinski definition) is 0. The second-order valence-electron chi connectivity index (χ2n) is 3.55. The Bertz CT molecular complexity index is 375. The molecule has 70 valence electrons. The Morgan fingerprint density at radius 1 is 1.46 bits per heavy atom. The lowest BCUT2D eigenvalue weighted by Gasteiger charge is -2.22. The average Bonchev–Trinajstić information content (AvgIpc) is 2.33. The molecule has 0 saturated carbocycles. The molecule has 1 heterocycles. The highest BCUT2D eigenvalue weighted by Gasteiger charge is 2.33. The Labute approximate surface area is 79.0 Å². The molecule has 0 N–H and O–H groups in total. The SMILES string of the molecule is CCN1c2ccccc2CP1(C)=O. The van der Waals surface area contributed by atoms with E-state index in [0.717, 1.165) is 18.4 Å². The van der Waals surface area contributed by atoms with Gasteiger partial charge in [-0.05, 0) is 18.6 Å². The molecule has 3 heteroatoms. The first kappa shape index (κ1) is 8.83. The molecule has 0 spiro atoms. The van der Waals surface area contributed by atoms with Gasteiger partial charge in [0.05, 0.1) is 0 Å². The predicted molar refractivity (Wildman–Crippen MR) is 56.7 cm³/mol. The van der Waals surface area contributed by atoms with Crippen LogP contribution in [0.4, 0.5) is 5.69 Å². The molecule has 1 aromatic rings. The summed E-state index contributed by atoms with van der Waals surface area (Å²) in [5.41, 5.74) is 2.39. The van der Waals surface area contributed by atoms with Gasteiger partial charge < -0.3 is 9.24 Å². The van der Waals surface area contributed by atoms with Crippen LogP contribution in [0.2, 0.25) is 0 Å². The Morgan fingerprint density at radius 2 is 2.15 bits per heavy atom. The lowest BCUT2D eigenvalue weighted by atomic mass is 10.2. The zero-order valence-corrected chi connectivity index (χ0v) is 8.92. The van der Waals surface area contributed by atoms with Crippen LogP contribution in [0.15, 0.2) is 24.3 Å². The molecule has 0 radical (unpaired) electrons. The summed E-state index contributed by atoms with van der Waals surface area (Å²) in [6.45, 7) is 4.76. The van der Waals surface area contributed by atoms with Gasteiger partial charge in [0, 0.05) is 25.1 Å². The molecule has 1 aliphatic rings. The zero-order valence-electron chi connectivity index (χ0n) is 8.03. The van der Waals surface area contributed by atoms with E-state index in [0.29, 0.717) is 0 Å². The maximum absolute atomic E-state index is 12.2. The predicted octanol–water partition coefficient (Wildman–Crippen LogP) is 2.93. The highest BCUT2D eigenvalue weighted by atomic mass is 31.2. The summed E-state index contributed by atoms with van der Waals surface area (Å²) in [7, 11) is -2.10. The van der Waals surface area contributed by atoms with Crippen molar-refractivity contribution in [1.82, 2.24) is 0 Å². The Kier molecular flexibility index (Phi) is 1.96. The molecule has 0 saturated heterocycles. The van der Waals surface area contributed by atoms with Gasteiger partial charge in [0.2, 0.25) is 0 Å². The van der Waals surface area contributed by atoms with Crippen LogP contribution in [0, 0.1) is 0 Å². The Morgan fingerprint density at radius 3 is 2.85 bits per heavy atom. The van der Waals surface area contributed by atoms with Crippen molar-refractivity contribution < 1.29 is 4.57 Å². The summed E-state index contributed by atoms with van der Waals surface area (Å²) < 4.78 is 14.2. The summed E-state index contributed by atoms with van der Waals surface area (Å²) >= 11 is 0. The molecule has 2 rings (SSSR count). The second kappa shape index (κ2) is 2.88. The molecular formula is C10H14NOP. The molecule has 13 heavy (non-hydrogen) atoms. The Balaban J connectivity index is 2.52. The van der Waals surface area contributed by atoms with Crippen molar-refractivity contribution in [2.45, 2.75) is 13.1 Å². The number of rotatable bonds is 1. The van der Waals surface area contributed by atoms with E-state index < -0.39 is 7.29 Å². The number of nitrogens with zero attached hydrogens (tertiary/aromatic N) is 1. The van der Waals surface area contributed by atoms with Gasteiger partial charge in [-0.25, -0.2) is 0 Å². The number of benzene rings is 1. The van der Waals surface area contributed by atoms with Crippen LogP contribution in [0.3, 0.4) is 0 Å². The third-order valence-corrected chi connectivity index (χ3v) is 4.99. The minimum Gasteiger partial charge on any atom is -0.322 e. The smallest absolute Gasteiger partial charge is 0.173 e. The molecule has 0 bridgehead atoms. The van der Waals surface area contributed by atoms with E-state index in [1.807, 2.05) is 23.5 Å². The van der Waals surface area contributed by atoms with Crippen molar-refractivity contribution in [2.24, 2.45) is 0 Å². The zero-order chi connectivity index (χ0) is 9.47. The van der Waals surface area contributed by atoms with E-state index in [1.165, 1.54) is 5.56 Å². The van der Waals surface area contributed by atoms with Gasteiger partial charge in [-0.3, -0.25) is 0 Å². The van der Waals surface area contributed by atoms with E-state index in [9.17, 15) is 4.57 Å². The molecule has 1 unspecified atom stereocenters. The highest BCUT2D eigenvalue weighted by molar-refractivity contribution is 7.64. The Hall–Kier alpha value is -0.750. The van der Waals surface area contributed by atoms with E-state index >= 15 is 0 Å². The van der Waals surface area contributed by atoms with Crippen LogP contribution in [-0.4, -0.2) is 13.2 Å². The highest BCUT2D eigenvalue weighted by Crippen LogP contribution is 2.58. The largest absolute Gasteiger partial charge is 0.322 e. The summed E-state index contributed by atoms with van der Waals surface area (Å²) in [5.74, 6) is 0. The summed E-state index contributed by atoms with van der Waals surface area (Å²) in [6.07, 6.45) is 0.733. The van der Waals surface area contributed by atoms with Gasteiger partial charge >= 0.3 is 0 Å². The van der Waals surface area contributed by atoms with Gasteiger partial charge in [-0.15, -0.1) is 0 Å². The topological polar surface area (TPSA) is 20.3 Å². The number of hydrogen-bond acceptors (Lipinski definition) is 1. The maximum Gasteiger partial charge on any atom is 0.173 e. The summed E-state index contributed by atoms with van der Waals surface area (Å²) in [5, 5.41) is 0. The van der Waals surface area contributed by atoms with Gasteiger partial charge in [0.25, 0.3) is 0 Å². The second-order valence-corrected chi connectivity index (χ2v) is 6.45. The minimum absolute atomic E-state index is 0.733. The first-order chi connectivity index (χ1) is 6.15. The molecule has 0 aliphatic carbocycles. The third kappa shape index (κ3) is 1.30. The maximum atomic E-state index is 12.2. The molecule has 1 aliphatic heterocycles.